The zero-order chi connectivity index (χ0) is 17.5. The standard InChI is InChI=1S/C19H19N7/c1-20-13-9-14(10-13)24-19-23-11-18-15(4-7-26(18)25-19)12-2-3-16-17(8-12)22-6-5-21-16/h2-8,11,13-14,20H,9-10H2,1H3,(H,24,25)/t13-,14+. The van der Waals surface area contributed by atoms with Crippen LogP contribution in [-0.2, 0) is 0 Å². The average molecular weight is 345 g/mol. The van der Waals surface area contributed by atoms with Gasteiger partial charge in [0.1, 0.15) is 0 Å². The average Bonchev–Trinajstić information content (AvgIpc) is 3.07. The normalized spacial score (nSPS) is 19.6. The van der Waals surface area contributed by atoms with Gasteiger partial charge in [-0.3, -0.25) is 9.97 Å². The fraction of sp³-hybridized carbons (Fsp3) is 0.263. The van der Waals surface area contributed by atoms with Gasteiger partial charge < -0.3 is 10.6 Å². The molecule has 3 aromatic heterocycles. The minimum Gasteiger partial charge on any atom is -0.350 e. The van der Waals surface area contributed by atoms with Crippen LogP contribution in [0.15, 0.2) is 49.1 Å². The molecule has 0 unspecified atom stereocenters. The maximum Gasteiger partial charge on any atom is 0.241 e. The zero-order valence-corrected chi connectivity index (χ0v) is 14.4. The molecule has 7 nitrogen and oxygen atoms in total. The van der Waals surface area contributed by atoms with Crippen LogP contribution in [0.3, 0.4) is 0 Å². The van der Waals surface area contributed by atoms with Gasteiger partial charge >= 0.3 is 0 Å². The minimum absolute atomic E-state index is 0.444. The predicted octanol–water partition coefficient (Wildman–Crippen LogP) is 2.50. The van der Waals surface area contributed by atoms with Crippen LogP contribution >= 0.6 is 0 Å². The number of rotatable bonds is 4. The fourth-order valence-corrected chi connectivity index (χ4v) is 3.50. The van der Waals surface area contributed by atoms with Crippen molar-refractivity contribution in [3.05, 3.63) is 49.1 Å². The first kappa shape index (κ1) is 15.2. The minimum atomic E-state index is 0.444. The molecular weight excluding hydrogens is 326 g/mol. The number of anilines is 1. The number of aromatic nitrogens is 5. The molecule has 0 aliphatic heterocycles. The maximum atomic E-state index is 4.60. The number of hydrogen-bond acceptors (Lipinski definition) is 6. The van der Waals surface area contributed by atoms with Gasteiger partial charge in [0.05, 0.1) is 22.7 Å². The topological polar surface area (TPSA) is 80.0 Å². The molecule has 26 heavy (non-hydrogen) atoms. The highest BCUT2D eigenvalue weighted by Crippen LogP contribution is 2.28. The quantitative estimate of drug-likeness (QED) is 0.592. The molecule has 0 spiro atoms. The Labute approximate surface area is 150 Å². The van der Waals surface area contributed by atoms with Gasteiger partial charge in [-0.05, 0) is 43.7 Å². The van der Waals surface area contributed by atoms with Crippen molar-refractivity contribution in [2.45, 2.75) is 24.9 Å². The molecule has 2 N–H and O–H groups in total. The molecule has 0 bridgehead atoms. The molecule has 1 fully saturated rings. The van der Waals surface area contributed by atoms with Crippen molar-refractivity contribution >= 4 is 22.5 Å². The SMILES string of the molecule is CN[C@H]1C[C@@H](Nc2ncc3c(-c4ccc5nccnc5c4)ccn3n2)C1. The van der Waals surface area contributed by atoms with Crippen LogP contribution < -0.4 is 10.6 Å². The number of fused-ring (bicyclic) bond motifs is 2. The van der Waals surface area contributed by atoms with Gasteiger partial charge in [0.2, 0.25) is 5.95 Å². The van der Waals surface area contributed by atoms with Crippen molar-refractivity contribution in [1.82, 2.24) is 29.9 Å². The van der Waals surface area contributed by atoms with E-state index in [9.17, 15) is 0 Å². The van der Waals surface area contributed by atoms with Crippen molar-refractivity contribution in [2.75, 3.05) is 12.4 Å². The maximum absolute atomic E-state index is 4.60. The highest BCUT2D eigenvalue weighted by atomic mass is 15.3. The van der Waals surface area contributed by atoms with E-state index in [1.54, 1.807) is 12.4 Å². The van der Waals surface area contributed by atoms with Gasteiger partial charge in [0.25, 0.3) is 0 Å². The van der Waals surface area contributed by atoms with E-state index in [0.29, 0.717) is 18.0 Å². The Morgan fingerprint density at radius 2 is 1.85 bits per heavy atom. The molecule has 0 radical (unpaired) electrons. The van der Waals surface area contributed by atoms with Crippen LogP contribution in [0.2, 0.25) is 0 Å². The van der Waals surface area contributed by atoms with Crippen LogP contribution in [0, 0.1) is 0 Å². The lowest BCUT2D eigenvalue weighted by atomic mass is 9.87. The Morgan fingerprint density at radius 3 is 2.69 bits per heavy atom. The van der Waals surface area contributed by atoms with E-state index in [-0.39, 0.29) is 0 Å². The molecule has 0 saturated heterocycles. The number of nitrogens with one attached hydrogen (secondary N) is 2. The molecule has 1 aliphatic carbocycles. The molecule has 7 heteroatoms. The second kappa shape index (κ2) is 6.03. The van der Waals surface area contributed by atoms with Gasteiger partial charge in [-0.2, -0.15) is 0 Å². The summed E-state index contributed by atoms with van der Waals surface area (Å²) in [4.78, 5) is 13.2. The van der Waals surface area contributed by atoms with Gasteiger partial charge in [0, 0.05) is 36.2 Å². The van der Waals surface area contributed by atoms with Crippen LogP contribution in [0.4, 0.5) is 5.95 Å². The Hall–Kier alpha value is -3.06. The number of nitrogens with zero attached hydrogens (tertiary/aromatic N) is 5. The molecule has 3 heterocycles. The first-order chi connectivity index (χ1) is 12.8. The third-order valence-electron chi connectivity index (χ3n) is 5.08. The molecule has 4 aromatic rings. The first-order valence-corrected chi connectivity index (χ1v) is 8.79. The van der Waals surface area contributed by atoms with E-state index >= 15 is 0 Å². The van der Waals surface area contributed by atoms with Crippen LogP contribution in [0.5, 0.6) is 0 Å². The largest absolute Gasteiger partial charge is 0.350 e. The summed E-state index contributed by atoms with van der Waals surface area (Å²) in [7, 11) is 2.00. The lowest BCUT2D eigenvalue weighted by Crippen LogP contribution is -2.46. The summed E-state index contributed by atoms with van der Waals surface area (Å²) in [5.74, 6) is 0.670. The molecule has 1 saturated carbocycles. The third kappa shape index (κ3) is 2.57. The molecule has 1 aromatic carbocycles. The van der Waals surface area contributed by atoms with E-state index in [0.717, 1.165) is 40.5 Å². The highest BCUT2D eigenvalue weighted by Gasteiger charge is 2.28. The molecule has 130 valence electrons. The van der Waals surface area contributed by atoms with E-state index in [4.69, 9.17) is 0 Å². The zero-order valence-electron chi connectivity index (χ0n) is 14.4. The number of hydrogen-bond donors (Lipinski definition) is 2. The summed E-state index contributed by atoms with van der Waals surface area (Å²) >= 11 is 0. The molecule has 1 aliphatic rings. The molecule has 5 rings (SSSR count). The van der Waals surface area contributed by atoms with Crippen molar-refractivity contribution in [3.8, 4) is 11.1 Å². The van der Waals surface area contributed by atoms with Gasteiger partial charge in [0.15, 0.2) is 0 Å². The van der Waals surface area contributed by atoms with Crippen LogP contribution in [-0.4, -0.2) is 43.7 Å². The van der Waals surface area contributed by atoms with Crippen molar-refractivity contribution in [1.29, 1.82) is 0 Å². The van der Waals surface area contributed by atoms with E-state index in [1.807, 2.05) is 30.0 Å². The summed E-state index contributed by atoms with van der Waals surface area (Å²) < 4.78 is 1.87. The van der Waals surface area contributed by atoms with Crippen molar-refractivity contribution in [3.63, 3.8) is 0 Å². The summed E-state index contributed by atoms with van der Waals surface area (Å²) in [6, 6.07) is 9.21. The molecule has 0 atom stereocenters. The first-order valence-electron chi connectivity index (χ1n) is 8.79. The Morgan fingerprint density at radius 1 is 1.00 bits per heavy atom. The monoisotopic (exact) mass is 345 g/mol. The number of benzene rings is 1. The second-order valence-corrected chi connectivity index (χ2v) is 6.70. The summed E-state index contributed by atoms with van der Waals surface area (Å²) in [6.07, 6.45) is 9.47. The van der Waals surface area contributed by atoms with Crippen molar-refractivity contribution in [2.24, 2.45) is 0 Å². The second-order valence-electron chi connectivity index (χ2n) is 6.70. The van der Waals surface area contributed by atoms with Gasteiger partial charge in [-0.1, -0.05) is 6.07 Å². The summed E-state index contributed by atoms with van der Waals surface area (Å²) in [6.45, 7) is 0. The summed E-state index contributed by atoms with van der Waals surface area (Å²) in [5.41, 5.74) is 4.92. The predicted molar refractivity (Wildman–Crippen MR) is 101 cm³/mol. The Bertz CT molecular complexity index is 1080. The Balaban J connectivity index is 1.45. The fourth-order valence-electron chi connectivity index (χ4n) is 3.50. The lowest BCUT2D eigenvalue weighted by molar-refractivity contribution is 0.325. The van der Waals surface area contributed by atoms with E-state index < -0.39 is 0 Å². The lowest BCUT2D eigenvalue weighted by Gasteiger charge is -2.35. The smallest absolute Gasteiger partial charge is 0.241 e. The Kier molecular flexibility index (Phi) is 3.53. The highest BCUT2D eigenvalue weighted by molar-refractivity contribution is 5.86. The van der Waals surface area contributed by atoms with Crippen LogP contribution in [0.1, 0.15) is 12.8 Å². The molecular formula is C19H19N7. The summed E-state index contributed by atoms with van der Waals surface area (Å²) in [5, 5.41) is 11.3. The van der Waals surface area contributed by atoms with Crippen molar-refractivity contribution < 1.29 is 0 Å². The van der Waals surface area contributed by atoms with Gasteiger partial charge in [-0.25, -0.2) is 9.50 Å². The van der Waals surface area contributed by atoms with Gasteiger partial charge in [-0.15, -0.1) is 5.10 Å². The van der Waals surface area contributed by atoms with E-state index in [1.165, 1.54) is 0 Å². The van der Waals surface area contributed by atoms with Crippen LogP contribution in [0.25, 0.3) is 27.7 Å². The van der Waals surface area contributed by atoms with E-state index in [2.05, 4.69) is 48.9 Å². The molecule has 0 amide bonds. The third-order valence-corrected chi connectivity index (χ3v) is 5.08.